The summed E-state index contributed by atoms with van der Waals surface area (Å²) in [5, 5.41) is 26.8. The van der Waals surface area contributed by atoms with Crippen molar-refractivity contribution < 1.29 is 20.1 Å². The maximum absolute atomic E-state index is 10.9. The fraction of sp³-hybridized carbons (Fsp3) is 0.889. The molecule has 0 fully saturated rings. The SMILES string of the molecule is CCN(CC(O)CO)C(C)(C)C(=O)O. The number of hydrogen-bond donors (Lipinski definition) is 3. The Kier molecular flexibility index (Phi) is 5.04. The van der Waals surface area contributed by atoms with Gasteiger partial charge in [-0.05, 0) is 20.4 Å². The van der Waals surface area contributed by atoms with Crippen molar-refractivity contribution in [2.75, 3.05) is 19.7 Å². The number of aliphatic hydroxyl groups excluding tert-OH is 2. The van der Waals surface area contributed by atoms with Crippen molar-refractivity contribution in [2.24, 2.45) is 0 Å². The van der Waals surface area contributed by atoms with Gasteiger partial charge in [0.25, 0.3) is 0 Å². The van der Waals surface area contributed by atoms with E-state index >= 15 is 0 Å². The molecule has 14 heavy (non-hydrogen) atoms. The molecule has 0 aliphatic carbocycles. The molecule has 1 atom stereocenters. The Bertz CT molecular complexity index is 193. The topological polar surface area (TPSA) is 81.0 Å². The van der Waals surface area contributed by atoms with E-state index in [1.54, 1.807) is 18.7 Å². The van der Waals surface area contributed by atoms with Gasteiger partial charge in [0.15, 0.2) is 0 Å². The summed E-state index contributed by atoms with van der Waals surface area (Å²) in [7, 11) is 0. The summed E-state index contributed by atoms with van der Waals surface area (Å²) in [6.45, 7) is 5.27. The highest BCUT2D eigenvalue weighted by molar-refractivity contribution is 5.77. The number of aliphatic carboxylic acids is 1. The molecule has 84 valence electrons. The van der Waals surface area contributed by atoms with Crippen LogP contribution in [0.4, 0.5) is 0 Å². The van der Waals surface area contributed by atoms with Crippen LogP contribution < -0.4 is 0 Å². The van der Waals surface area contributed by atoms with Gasteiger partial charge >= 0.3 is 5.97 Å². The van der Waals surface area contributed by atoms with Crippen LogP contribution >= 0.6 is 0 Å². The van der Waals surface area contributed by atoms with Crippen molar-refractivity contribution in [3.05, 3.63) is 0 Å². The lowest BCUT2D eigenvalue weighted by Gasteiger charge is -2.35. The molecular formula is C9H19NO4. The average Bonchev–Trinajstić information content (AvgIpc) is 2.12. The molecule has 0 rings (SSSR count). The minimum absolute atomic E-state index is 0.159. The standard InChI is InChI=1S/C9H19NO4/c1-4-10(5-7(12)6-11)9(2,3)8(13)14/h7,11-12H,4-6H2,1-3H3,(H,13,14). The van der Waals surface area contributed by atoms with Gasteiger partial charge in [-0.1, -0.05) is 6.92 Å². The number of likely N-dealkylation sites (N-methyl/N-ethyl adjacent to an activating group) is 1. The summed E-state index contributed by atoms with van der Waals surface area (Å²) in [4.78, 5) is 12.5. The maximum Gasteiger partial charge on any atom is 0.323 e. The molecule has 0 aromatic carbocycles. The quantitative estimate of drug-likeness (QED) is 0.546. The zero-order valence-electron chi connectivity index (χ0n) is 8.90. The number of rotatable bonds is 6. The van der Waals surface area contributed by atoms with Gasteiger partial charge < -0.3 is 15.3 Å². The zero-order chi connectivity index (χ0) is 11.4. The average molecular weight is 205 g/mol. The summed E-state index contributed by atoms with van der Waals surface area (Å²) < 4.78 is 0. The molecule has 5 nitrogen and oxygen atoms in total. The molecule has 0 aromatic heterocycles. The van der Waals surface area contributed by atoms with Crippen LogP contribution in [0, 0.1) is 0 Å². The van der Waals surface area contributed by atoms with Crippen molar-refractivity contribution in [3.8, 4) is 0 Å². The van der Waals surface area contributed by atoms with Crippen LogP contribution in [-0.4, -0.2) is 57.5 Å². The molecule has 1 unspecified atom stereocenters. The highest BCUT2D eigenvalue weighted by atomic mass is 16.4. The van der Waals surface area contributed by atoms with Gasteiger partial charge in [-0.3, -0.25) is 9.69 Å². The van der Waals surface area contributed by atoms with Crippen molar-refractivity contribution in [1.29, 1.82) is 0 Å². The molecule has 0 spiro atoms. The Morgan fingerprint density at radius 1 is 1.50 bits per heavy atom. The molecule has 0 heterocycles. The summed E-state index contributed by atoms with van der Waals surface area (Å²) >= 11 is 0. The normalized spacial score (nSPS) is 14.4. The molecule has 0 saturated carbocycles. The number of aliphatic hydroxyl groups is 2. The first kappa shape index (κ1) is 13.4. The highest BCUT2D eigenvalue weighted by Crippen LogP contribution is 2.14. The van der Waals surface area contributed by atoms with Crippen LogP contribution in [0.3, 0.4) is 0 Å². The Morgan fingerprint density at radius 3 is 2.29 bits per heavy atom. The Hall–Kier alpha value is -0.650. The van der Waals surface area contributed by atoms with E-state index in [0.717, 1.165) is 0 Å². The Labute approximate surface area is 84.0 Å². The maximum atomic E-state index is 10.9. The minimum Gasteiger partial charge on any atom is -0.480 e. The van der Waals surface area contributed by atoms with E-state index in [0.29, 0.717) is 6.54 Å². The lowest BCUT2D eigenvalue weighted by Crippen LogP contribution is -2.52. The summed E-state index contributed by atoms with van der Waals surface area (Å²) in [6, 6.07) is 0. The molecular weight excluding hydrogens is 186 g/mol. The van der Waals surface area contributed by atoms with Crippen LogP contribution in [-0.2, 0) is 4.79 Å². The third-order valence-corrected chi connectivity index (χ3v) is 2.34. The third-order valence-electron chi connectivity index (χ3n) is 2.34. The molecule has 0 aliphatic heterocycles. The summed E-state index contributed by atoms with van der Waals surface area (Å²) in [5.74, 6) is -0.940. The first-order chi connectivity index (χ1) is 6.36. The number of nitrogens with zero attached hydrogens (tertiary/aromatic N) is 1. The third kappa shape index (κ3) is 3.25. The molecule has 0 saturated heterocycles. The van der Waals surface area contributed by atoms with E-state index in [-0.39, 0.29) is 13.2 Å². The highest BCUT2D eigenvalue weighted by Gasteiger charge is 2.34. The van der Waals surface area contributed by atoms with Crippen LogP contribution in [0.1, 0.15) is 20.8 Å². The monoisotopic (exact) mass is 205 g/mol. The molecule has 5 heteroatoms. The van der Waals surface area contributed by atoms with E-state index in [2.05, 4.69) is 0 Å². The zero-order valence-corrected chi connectivity index (χ0v) is 8.90. The van der Waals surface area contributed by atoms with Gasteiger partial charge in [-0.15, -0.1) is 0 Å². The second kappa shape index (κ2) is 5.29. The van der Waals surface area contributed by atoms with Crippen molar-refractivity contribution >= 4 is 5.97 Å². The van der Waals surface area contributed by atoms with Gasteiger partial charge in [-0.25, -0.2) is 0 Å². The number of carboxylic acid groups (broad SMARTS) is 1. The van der Waals surface area contributed by atoms with Gasteiger partial charge in [0.1, 0.15) is 5.54 Å². The summed E-state index contributed by atoms with van der Waals surface area (Å²) in [6.07, 6.45) is -0.895. The minimum atomic E-state index is -1.02. The smallest absolute Gasteiger partial charge is 0.323 e. The first-order valence-corrected chi connectivity index (χ1v) is 4.63. The number of β-amino-alcohol motifs (C(OH)–C–C–N with tert-alkyl or cyclic N) is 1. The number of hydrogen-bond acceptors (Lipinski definition) is 4. The predicted octanol–water partition coefficient (Wildman–Crippen LogP) is -0.475. The largest absolute Gasteiger partial charge is 0.480 e. The fourth-order valence-corrected chi connectivity index (χ4v) is 1.20. The molecule has 0 bridgehead atoms. The van der Waals surface area contributed by atoms with E-state index in [1.807, 2.05) is 6.92 Å². The second-order valence-corrected chi connectivity index (χ2v) is 3.74. The van der Waals surface area contributed by atoms with Gasteiger partial charge in [0.05, 0.1) is 12.7 Å². The first-order valence-electron chi connectivity index (χ1n) is 4.63. The molecule has 0 aliphatic rings. The van der Waals surface area contributed by atoms with Crippen molar-refractivity contribution in [3.63, 3.8) is 0 Å². The summed E-state index contributed by atoms with van der Waals surface area (Å²) in [5.41, 5.74) is -1.02. The van der Waals surface area contributed by atoms with Gasteiger partial charge in [0, 0.05) is 6.54 Å². The Balaban J connectivity index is 4.47. The Morgan fingerprint density at radius 2 is 2.00 bits per heavy atom. The lowest BCUT2D eigenvalue weighted by atomic mass is 10.0. The molecule has 0 radical (unpaired) electrons. The van der Waals surface area contributed by atoms with Crippen molar-refractivity contribution in [1.82, 2.24) is 4.90 Å². The van der Waals surface area contributed by atoms with E-state index in [9.17, 15) is 9.90 Å². The van der Waals surface area contributed by atoms with E-state index in [1.165, 1.54) is 0 Å². The van der Waals surface area contributed by atoms with E-state index < -0.39 is 17.6 Å². The molecule has 3 N–H and O–H groups in total. The van der Waals surface area contributed by atoms with Crippen molar-refractivity contribution in [2.45, 2.75) is 32.4 Å². The van der Waals surface area contributed by atoms with E-state index in [4.69, 9.17) is 10.2 Å². The van der Waals surface area contributed by atoms with Crippen LogP contribution in [0.2, 0.25) is 0 Å². The molecule has 0 amide bonds. The fourth-order valence-electron chi connectivity index (χ4n) is 1.20. The predicted molar refractivity (Wildman–Crippen MR) is 52.1 cm³/mol. The molecule has 0 aromatic rings. The van der Waals surface area contributed by atoms with Gasteiger partial charge in [0.2, 0.25) is 0 Å². The van der Waals surface area contributed by atoms with Crippen LogP contribution in [0.5, 0.6) is 0 Å². The van der Waals surface area contributed by atoms with Crippen LogP contribution in [0.25, 0.3) is 0 Å². The van der Waals surface area contributed by atoms with Gasteiger partial charge in [-0.2, -0.15) is 0 Å². The van der Waals surface area contributed by atoms with Crippen LogP contribution in [0.15, 0.2) is 0 Å². The second-order valence-electron chi connectivity index (χ2n) is 3.74. The number of carbonyl (C=O) groups is 1. The lowest BCUT2D eigenvalue weighted by molar-refractivity contribution is -0.150. The number of carboxylic acids is 1.